The number of carbonyl (C=O) groups is 1. The molecule has 1 heterocycles. The Balaban J connectivity index is 1.58. The maximum atomic E-state index is 11.7. The van der Waals surface area contributed by atoms with Crippen LogP contribution in [0.1, 0.15) is 36.3 Å². The van der Waals surface area contributed by atoms with E-state index in [-0.39, 0.29) is 5.97 Å². The van der Waals surface area contributed by atoms with Crippen molar-refractivity contribution in [1.29, 1.82) is 0 Å². The summed E-state index contributed by atoms with van der Waals surface area (Å²) >= 11 is 0. The summed E-state index contributed by atoms with van der Waals surface area (Å²) in [7, 11) is 3.17. The molecule has 124 valence electrons. The van der Waals surface area contributed by atoms with E-state index in [4.69, 9.17) is 9.47 Å². The molecule has 4 nitrogen and oxygen atoms in total. The molecule has 23 heavy (non-hydrogen) atoms. The van der Waals surface area contributed by atoms with Gasteiger partial charge in [-0.1, -0.05) is 12.1 Å². The normalized spacial score (nSPS) is 20.8. The van der Waals surface area contributed by atoms with Gasteiger partial charge in [0.25, 0.3) is 0 Å². The lowest BCUT2D eigenvalue weighted by Gasteiger charge is -2.27. The predicted molar refractivity (Wildman–Crippen MR) is 89.8 cm³/mol. The number of fused-ring (bicyclic) bond motifs is 1. The number of aryl methyl sites for hydroxylation is 1. The number of hydrogen-bond acceptors (Lipinski definition) is 4. The second kappa shape index (κ2) is 7.18. The van der Waals surface area contributed by atoms with Crippen LogP contribution >= 0.6 is 0 Å². The number of rotatable bonds is 5. The largest absolute Gasteiger partial charge is 0.497 e. The predicted octanol–water partition coefficient (Wildman–Crippen LogP) is 2.92. The topological polar surface area (TPSA) is 38.8 Å². The Bertz CT molecular complexity index is 609. The zero-order valence-electron chi connectivity index (χ0n) is 14.0. The minimum Gasteiger partial charge on any atom is -0.497 e. The van der Waals surface area contributed by atoms with E-state index in [1.165, 1.54) is 24.7 Å². The maximum Gasteiger partial charge on any atom is 0.334 e. The maximum absolute atomic E-state index is 11.7. The SMILES string of the molecule is COC(=O)C1=CCCN(CCC2CCc3ccc(OC)cc32)C1. The molecule has 2 aliphatic rings. The third-order valence-electron chi connectivity index (χ3n) is 5.03. The average Bonchev–Trinajstić information content (AvgIpc) is 3.01. The van der Waals surface area contributed by atoms with Gasteiger partial charge < -0.3 is 9.47 Å². The van der Waals surface area contributed by atoms with Crippen molar-refractivity contribution in [2.75, 3.05) is 33.9 Å². The number of hydrogen-bond donors (Lipinski definition) is 0. The van der Waals surface area contributed by atoms with Gasteiger partial charge in [0.15, 0.2) is 0 Å². The van der Waals surface area contributed by atoms with E-state index in [2.05, 4.69) is 23.1 Å². The van der Waals surface area contributed by atoms with Crippen LogP contribution in [0.15, 0.2) is 29.8 Å². The van der Waals surface area contributed by atoms with E-state index in [1.54, 1.807) is 7.11 Å². The highest BCUT2D eigenvalue weighted by Gasteiger charge is 2.25. The molecule has 1 unspecified atom stereocenters. The van der Waals surface area contributed by atoms with Crippen LogP contribution in [0.5, 0.6) is 5.75 Å². The highest BCUT2D eigenvalue weighted by Crippen LogP contribution is 2.37. The van der Waals surface area contributed by atoms with Crippen LogP contribution < -0.4 is 4.74 Å². The van der Waals surface area contributed by atoms with Crippen molar-refractivity contribution in [1.82, 2.24) is 4.90 Å². The molecule has 0 amide bonds. The fourth-order valence-corrected chi connectivity index (χ4v) is 3.71. The number of ether oxygens (including phenoxy) is 2. The zero-order valence-corrected chi connectivity index (χ0v) is 14.0. The molecule has 3 rings (SSSR count). The van der Waals surface area contributed by atoms with Gasteiger partial charge in [-0.3, -0.25) is 4.90 Å². The van der Waals surface area contributed by atoms with Crippen LogP contribution in [0, 0.1) is 0 Å². The quantitative estimate of drug-likeness (QED) is 0.783. The second-order valence-corrected chi connectivity index (χ2v) is 6.37. The Labute approximate surface area is 138 Å². The summed E-state index contributed by atoms with van der Waals surface area (Å²) in [6, 6.07) is 6.45. The summed E-state index contributed by atoms with van der Waals surface area (Å²) in [4.78, 5) is 14.0. The van der Waals surface area contributed by atoms with Crippen molar-refractivity contribution in [2.24, 2.45) is 0 Å². The van der Waals surface area contributed by atoms with Gasteiger partial charge in [-0.2, -0.15) is 0 Å². The van der Waals surface area contributed by atoms with Crippen molar-refractivity contribution in [3.63, 3.8) is 0 Å². The van der Waals surface area contributed by atoms with Gasteiger partial charge >= 0.3 is 5.97 Å². The van der Waals surface area contributed by atoms with E-state index in [0.717, 1.165) is 43.7 Å². The third kappa shape index (κ3) is 3.58. The monoisotopic (exact) mass is 315 g/mol. The summed E-state index contributed by atoms with van der Waals surface area (Å²) in [6.45, 7) is 2.76. The van der Waals surface area contributed by atoms with Crippen LogP contribution in [0.2, 0.25) is 0 Å². The number of carbonyl (C=O) groups excluding carboxylic acids is 1. The number of benzene rings is 1. The van der Waals surface area contributed by atoms with Gasteiger partial charge in [-0.15, -0.1) is 0 Å². The van der Waals surface area contributed by atoms with E-state index in [0.29, 0.717) is 12.5 Å². The van der Waals surface area contributed by atoms with Crippen molar-refractivity contribution < 1.29 is 14.3 Å². The summed E-state index contributed by atoms with van der Waals surface area (Å²) in [5, 5.41) is 0. The lowest BCUT2D eigenvalue weighted by Crippen LogP contribution is -2.33. The van der Waals surface area contributed by atoms with Gasteiger partial charge in [0.05, 0.1) is 14.2 Å². The third-order valence-corrected chi connectivity index (χ3v) is 5.03. The lowest BCUT2D eigenvalue weighted by atomic mass is 9.97. The van der Waals surface area contributed by atoms with E-state index < -0.39 is 0 Å². The van der Waals surface area contributed by atoms with Gasteiger partial charge in [0, 0.05) is 18.7 Å². The summed E-state index contributed by atoms with van der Waals surface area (Å²) in [5.41, 5.74) is 3.71. The summed E-state index contributed by atoms with van der Waals surface area (Å²) in [5.74, 6) is 1.36. The standard InChI is InChI=1S/C19H25NO3/c1-22-17-8-7-14-5-6-15(18(14)12-17)9-11-20-10-3-4-16(13-20)19(21)23-2/h4,7-8,12,15H,3,5-6,9-11,13H2,1-2H3. The van der Waals surface area contributed by atoms with Gasteiger partial charge in [-0.25, -0.2) is 4.79 Å². The average molecular weight is 315 g/mol. The molecule has 1 aliphatic carbocycles. The fraction of sp³-hybridized carbons (Fsp3) is 0.526. The van der Waals surface area contributed by atoms with Crippen LogP contribution in [0.25, 0.3) is 0 Å². The van der Waals surface area contributed by atoms with Crippen molar-refractivity contribution in [2.45, 2.75) is 31.6 Å². The first-order valence-electron chi connectivity index (χ1n) is 8.37. The molecule has 0 bridgehead atoms. The molecule has 0 aromatic heterocycles. The fourth-order valence-electron chi connectivity index (χ4n) is 3.71. The minimum absolute atomic E-state index is 0.189. The molecule has 0 saturated carbocycles. The van der Waals surface area contributed by atoms with Crippen LogP contribution in [0.3, 0.4) is 0 Å². The highest BCUT2D eigenvalue weighted by molar-refractivity contribution is 5.88. The molecule has 1 aromatic rings. The smallest absolute Gasteiger partial charge is 0.334 e. The molecule has 0 radical (unpaired) electrons. The van der Waals surface area contributed by atoms with Crippen LogP contribution in [-0.4, -0.2) is 44.7 Å². The summed E-state index contributed by atoms with van der Waals surface area (Å²) in [6.07, 6.45) is 6.46. The zero-order chi connectivity index (χ0) is 16.2. The molecule has 0 spiro atoms. The molecule has 0 fully saturated rings. The Kier molecular flexibility index (Phi) is 5.01. The van der Waals surface area contributed by atoms with Crippen LogP contribution in [-0.2, 0) is 16.0 Å². The van der Waals surface area contributed by atoms with Crippen molar-refractivity contribution in [3.8, 4) is 5.75 Å². The first kappa shape index (κ1) is 16.1. The molecular weight excluding hydrogens is 290 g/mol. The highest BCUT2D eigenvalue weighted by atomic mass is 16.5. The minimum atomic E-state index is -0.189. The van der Waals surface area contributed by atoms with E-state index in [9.17, 15) is 4.79 Å². The molecular formula is C19H25NO3. The molecule has 1 aliphatic heterocycles. The number of nitrogens with zero attached hydrogens (tertiary/aromatic N) is 1. The van der Waals surface area contributed by atoms with E-state index in [1.807, 2.05) is 6.08 Å². The molecule has 1 atom stereocenters. The Morgan fingerprint density at radius 2 is 2.22 bits per heavy atom. The Morgan fingerprint density at radius 3 is 3.00 bits per heavy atom. The number of methoxy groups -OCH3 is 2. The molecule has 0 N–H and O–H groups in total. The number of esters is 1. The molecule has 4 heteroatoms. The Morgan fingerprint density at radius 1 is 1.35 bits per heavy atom. The lowest BCUT2D eigenvalue weighted by molar-refractivity contribution is -0.136. The van der Waals surface area contributed by atoms with Gasteiger partial charge in [0.2, 0.25) is 0 Å². The van der Waals surface area contributed by atoms with Crippen molar-refractivity contribution in [3.05, 3.63) is 41.0 Å². The molecule has 0 saturated heterocycles. The molecule has 1 aromatic carbocycles. The Hall–Kier alpha value is -1.81. The second-order valence-electron chi connectivity index (χ2n) is 6.37. The first-order chi connectivity index (χ1) is 11.2. The summed E-state index contributed by atoms with van der Waals surface area (Å²) < 4.78 is 10.2. The van der Waals surface area contributed by atoms with Crippen LogP contribution in [0.4, 0.5) is 0 Å². The van der Waals surface area contributed by atoms with Gasteiger partial charge in [-0.05, 0) is 61.4 Å². The first-order valence-corrected chi connectivity index (χ1v) is 8.37. The van der Waals surface area contributed by atoms with Crippen molar-refractivity contribution >= 4 is 5.97 Å². The van der Waals surface area contributed by atoms with Gasteiger partial charge in [0.1, 0.15) is 5.75 Å². The van der Waals surface area contributed by atoms with E-state index >= 15 is 0 Å².